The molecule has 0 radical (unpaired) electrons. The van der Waals surface area contributed by atoms with Crippen LogP contribution >= 0.6 is 11.3 Å². The largest absolute Gasteiger partial charge is 0.342 e. The molecule has 3 rings (SSSR count). The van der Waals surface area contributed by atoms with E-state index in [-0.39, 0.29) is 10.1 Å². The van der Waals surface area contributed by atoms with Gasteiger partial charge in [0.15, 0.2) is 0 Å². The summed E-state index contributed by atoms with van der Waals surface area (Å²) < 4.78 is 27.0. The van der Waals surface area contributed by atoms with Gasteiger partial charge in [0.25, 0.3) is 10.0 Å². The van der Waals surface area contributed by atoms with Gasteiger partial charge in [-0.2, -0.15) is 0 Å². The maximum absolute atomic E-state index is 12.1. The van der Waals surface area contributed by atoms with Crippen molar-refractivity contribution in [3.63, 3.8) is 0 Å². The Labute approximate surface area is 133 Å². The molecule has 0 saturated carbocycles. The molecule has 7 heteroatoms. The average Bonchev–Trinajstić information content (AvgIpc) is 2.93. The molecule has 0 spiro atoms. The lowest BCUT2D eigenvalue weighted by Gasteiger charge is -2.30. The van der Waals surface area contributed by atoms with Gasteiger partial charge in [-0.25, -0.2) is 8.42 Å². The molecular formula is C15H16N2O3S2. The van der Waals surface area contributed by atoms with E-state index in [0.29, 0.717) is 12.1 Å². The first-order chi connectivity index (χ1) is 10.5. The quantitative estimate of drug-likeness (QED) is 0.911. The molecule has 1 aromatic heterocycles. The number of thiophene rings is 1. The molecule has 2 heterocycles. The molecule has 1 aliphatic heterocycles. The Morgan fingerprint density at radius 2 is 1.91 bits per heavy atom. The fourth-order valence-corrected chi connectivity index (χ4v) is 4.22. The predicted molar refractivity (Wildman–Crippen MR) is 86.5 cm³/mol. The number of nitrogens with zero attached hydrogens (tertiary/aromatic N) is 1. The molecule has 1 saturated heterocycles. The van der Waals surface area contributed by atoms with Crippen molar-refractivity contribution < 1.29 is 13.2 Å². The second-order valence-electron chi connectivity index (χ2n) is 5.15. The van der Waals surface area contributed by atoms with Crippen LogP contribution in [0.1, 0.15) is 12.0 Å². The molecule has 2 aromatic rings. The van der Waals surface area contributed by atoms with Crippen LogP contribution in [0.15, 0.2) is 46.0 Å². The van der Waals surface area contributed by atoms with E-state index < -0.39 is 10.0 Å². The van der Waals surface area contributed by atoms with E-state index in [1.165, 1.54) is 11.3 Å². The fourth-order valence-electron chi connectivity index (χ4n) is 2.16. The Bertz CT molecular complexity index is 749. The van der Waals surface area contributed by atoms with E-state index in [0.717, 1.165) is 25.1 Å². The lowest BCUT2D eigenvalue weighted by Crippen LogP contribution is -2.42. The first kappa shape index (κ1) is 15.1. The van der Waals surface area contributed by atoms with Crippen molar-refractivity contribution in [3.05, 3.63) is 47.3 Å². The Morgan fingerprint density at radius 3 is 2.45 bits per heavy atom. The van der Waals surface area contributed by atoms with Crippen molar-refractivity contribution in [2.24, 2.45) is 0 Å². The highest BCUT2D eigenvalue weighted by Crippen LogP contribution is 2.20. The highest BCUT2D eigenvalue weighted by atomic mass is 32.2. The molecule has 0 unspecified atom stereocenters. The molecule has 5 nitrogen and oxygen atoms in total. The van der Waals surface area contributed by atoms with Crippen LogP contribution in [0.5, 0.6) is 0 Å². The minimum Gasteiger partial charge on any atom is -0.342 e. The summed E-state index contributed by atoms with van der Waals surface area (Å²) in [5, 5.41) is 1.72. The SMILES string of the molecule is O=C(Cc1ccc(NS(=O)(=O)c2cccs2)cc1)N1CCC1. The van der Waals surface area contributed by atoms with Crippen LogP contribution in [-0.4, -0.2) is 32.3 Å². The number of sulfonamides is 1. The van der Waals surface area contributed by atoms with Gasteiger partial charge in [0.05, 0.1) is 6.42 Å². The summed E-state index contributed by atoms with van der Waals surface area (Å²) in [4.78, 5) is 13.7. The van der Waals surface area contributed by atoms with Gasteiger partial charge < -0.3 is 4.90 Å². The van der Waals surface area contributed by atoms with Crippen LogP contribution in [0, 0.1) is 0 Å². The third-order valence-corrected chi connectivity index (χ3v) is 6.31. The zero-order chi connectivity index (χ0) is 15.6. The predicted octanol–water partition coefficient (Wildman–Crippen LogP) is 2.32. The van der Waals surface area contributed by atoms with Crippen LogP contribution in [-0.2, 0) is 21.2 Å². The monoisotopic (exact) mass is 336 g/mol. The van der Waals surface area contributed by atoms with E-state index in [1.807, 2.05) is 4.90 Å². The van der Waals surface area contributed by atoms with E-state index >= 15 is 0 Å². The minimum absolute atomic E-state index is 0.123. The molecular weight excluding hydrogens is 320 g/mol. The van der Waals surface area contributed by atoms with E-state index in [4.69, 9.17) is 0 Å². The molecule has 22 heavy (non-hydrogen) atoms. The summed E-state index contributed by atoms with van der Waals surface area (Å²) >= 11 is 1.17. The first-order valence-electron chi connectivity index (χ1n) is 6.98. The number of hydrogen-bond donors (Lipinski definition) is 1. The average molecular weight is 336 g/mol. The number of anilines is 1. The lowest BCUT2D eigenvalue weighted by atomic mass is 10.1. The van der Waals surface area contributed by atoms with Crippen LogP contribution in [0.3, 0.4) is 0 Å². The number of rotatable bonds is 5. The van der Waals surface area contributed by atoms with Gasteiger partial charge in [-0.1, -0.05) is 18.2 Å². The summed E-state index contributed by atoms with van der Waals surface area (Å²) in [6, 6.07) is 10.2. The molecule has 1 amide bonds. The third-order valence-electron chi connectivity index (χ3n) is 3.53. The summed E-state index contributed by atoms with van der Waals surface area (Å²) in [5.41, 5.74) is 1.38. The molecule has 0 atom stereocenters. The molecule has 1 aliphatic rings. The third kappa shape index (κ3) is 3.31. The number of nitrogens with one attached hydrogen (secondary N) is 1. The van der Waals surface area contributed by atoms with Crippen molar-refractivity contribution in [1.29, 1.82) is 0 Å². The van der Waals surface area contributed by atoms with Crippen molar-refractivity contribution >= 4 is 33.0 Å². The number of likely N-dealkylation sites (tertiary alicyclic amines) is 1. The van der Waals surface area contributed by atoms with Crippen molar-refractivity contribution in [1.82, 2.24) is 4.90 Å². The Morgan fingerprint density at radius 1 is 1.18 bits per heavy atom. The molecule has 116 valence electrons. The highest BCUT2D eigenvalue weighted by Gasteiger charge is 2.20. The van der Waals surface area contributed by atoms with Gasteiger partial charge >= 0.3 is 0 Å². The summed E-state index contributed by atoms with van der Waals surface area (Å²) in [5.74, 6) is 0.123. The lowest BCUT2D eigenvalue weighted by molar-refractivity contribution is -0.133. The minimum atomic E-state index is -3.52. The first-order valence-corrected chi connectivity index (χ1v) is 9.34. The fraction of sp³-hybridized carbons (Fsp3) is 0.267. The van der Waals surface area contributed by atoms with E-state index in [9.17, 15) is 13.2 Å². The zero-order valence-corrected chi connectivity index (χ0v) is 13.5. The van der Waals surface area contributed by atoms with Gasteiger partial charge in [0.2, 0.25) is 5.91 Å². The summed E-state index contributed by atoms with van der Waals surface area (Å²) in [7, 11) is -3.52. The van der Waals surface area contributed by atoms with Gasteiger partial charge in [0.1, 0.15) is 4.21 Å². The normalized spacial score (nSPS) is 14.5. The van der Waals surface area contributed by atoms with Crippen LogP contribution in [0.25, 0.3) is 0 Å². The standard InChI is InChI=1S/C15H16N2O3S2/c18-14(17-8-2-9-17)11-12-4-6-13(7-5-12)16-22(19,20)15-3-1-10-21-15/h1,3-7,10,16H,2,8-9,11H2. The van der Waals surface area contributed by atoms with Gasteiger partial charge in [-0.3, -0.25) is 9.52 Å². The highest BCUT2D eigenvalue weighted by molar-refractivity contribution is 7.94. The Balaban J connectivity index is 1.65. The van der Waals surface area contributed by atoms with Gasteiger partial charge in [-0.05, 0) is 35.6 Å². The Kier molecular flexibility index (Phi) is 4.17. The molecule has 0 bridgehead atoms. The van der Waals surface area contributed by atoms with Gasteiger partial charge in [0, 0.05) is 18.8 Å². The topological polar surface area (TPSA) is 66.5 Å². The summed E-state index contributed by atoms with van der Waals surface area (Å²) in [6.45, 7) is 1.69. The van der Waals surface area contributed by atoms with Crippen molar-refractivity contribution in [3.8, 4) is 0 Å². The maximum atomic E-state index is 12.1. The number of amides is 1. The van der Waals surface area contributed by atoms with Crippen molar-refractivity contribution in [2.75, 3.05) is 17.8 Å². The molecule has 1 aromatic carbocycles. The number of carbonyl (C=O) groups is 1. The zero-order valence-electron chi connectivity index (χ0n) is 11.9. The molecule has 0 aliphatic carbocycles. The van der Waals surface area contributed by atoms with Crippen LogP contribution in [0.2, 0.25) is 0 Å². The second-order valence-corrected chi connectivity index (χ2v) is 8.00. The summed E-state index contributed by atoms with van der Waals surface area (Å²) in [6.07, 6.45) is 1.44. The van der Waals surface area contributed by atoms with E-state index in [1.54, 1.807) is 41.8 Å². The second kappa shape index (κ2) is 6.10. The van der Waals surface area contributed by atoms with Crippen LogP contribution < -0.4 is 4.72 Å². The molecule has 1 N–H and O–H groups in total. The number of benzene rings is 1. The maximum Gasteiger partial charge on any atom is 0.271 e. The Hall–Kier alpha value is -1.86. The van der Waals surface area contributed by atoms with E-state index in [2.05, 4.69) is 4.72 Å². The van der Waals surface area contributed by atoms with Gasteiger partial charge in [-0.15, -0.1) is 11.3 Å². The number of hydrogen-bond acceptors (Lipinski definition) is 4. The smallest absolute Gasteiger partial charge is 0.271 e. The van der Waals surface area contributed by atoms with Crippen LogP contribution in [0.4, 0.5) is 5.69 Å². The van der Waals surface area contributed by atoms with Crippen molar-refractivity contribution in [2.45, 2.75) is 17.1 Å². The number of carbonyl (C=O) groups excluding carboxylic acids is 1. The molecule has 1 fully saturated rings.